The lowest BCUT2D eigenvalue weighted by Gasteiger charge is -2.32. The number of allylic oxidation sites excluding steroid dienone is 1. The molecular weight excluding hydrogens is 200 g/mol. The molecule has 0 bridgehead atoms. The average molecular weight is 224 g/mol. The number of nitrogens with zero attached hydrogens (tertiary/aromatic N) is 1. The lowest BCUT2D eigenvalue weighted by Crippen LogP contribution is -2.50. The number of hydrogen-bond donors (Lipinski definition) is 1. The topological polar surface area (TPSA) is 32.3 Å². The molecule has 1 aliphatic heterocycles. The molecule has 0 aliphatic carbocycles. The van der Waals surface area contributed by atoms with Crippen LogP contribution in [0.2, 0.25) is 0 Å². The van der Waals surface area contributed by atoms with Crippen LogP contribution in [-0.2, 0) is 4.79 Å². The third-order valence-corrected chi connectivity index (χ3v) is 2.89. The molecule has 1 rings (SSSR count). The quantitative estimate of drug-likeness (QED) is 0.724. The minimum absolute atomic E-state index is 0.0549. The van der Waals surface area contributed by atoms with Crippen LogP contribution in [-0.4, -0.2) is 36.5 Å². The van der Waals surface area contributed by atoms with Crippen LogP contribution in [0.3, 0.4) is 0 Å². The maximum atomic E-state index is 12.1. The summed E-state index contributed by atoms with van der Waals surface area (Å²) in [6.07, 6.45) is 5.31. The maximum absolute atomic E-state index is 12.1. The van der Waals surface area contributed by atoms with Crippen molar-refractivity contribution in [2.45, 2.75) is 46.1 Å². The Labute approximate surface area is 98.9 Å². The Kier molecular flexibility index (Phi) is 5.53. The fraction of sp³-hybridized carbons (Fsp3) is 0.769. The van der Waals surface area contributed by atoms with Gasteiger partial charge < -0.3 is 10.2 Å². The summed E-state index contributed by atoms with van der Waals surface area (Å²) in [4.78, 5) is 14.0. The van der Waals surface area contributed by atoms with E-state index in [4.69, 9.17) is 0 Å². The molecule has 0 spiro atoms. The van der Waals surface area contributed by atoms with Gasteiger partial charge in [-0.2, -0.15) is 0 Å². The lowest BCUT2D eigenvalue weighted by molar-refractivity contribution is -0.135. The zero-order chi connectivity index (χ0) is 12.0. The van der Waals surface area contributed by atoms with E-state index in [-0.39, 0.29) is 11.9 Å². The van der Waals surface area contributed by atoms with Crippen molar-refractivity contribution in [2.24, 2.45) is 0 Å². The van der Waals surface area contributed by atoms with Crippen LogP contribution in [0.15, 0.2) is 11.6 Å². The summed E-state index contributed by atoms with van der Waals surface area (Å²) in [5, 5.41) is 3.33. The summed E-state index contributed by atoms with van der Waals surface area (Å²) >= 11 is 0. The summed E-state index contributed by atoms with van der Waals surface area (Å²) in [6.45, 7) is 8.88. The van der Waals surface area contributed by atoms with Crippen molar-refractivity contribution in [2.75, 3.05) is 19.6 Å². The molecule has 0 aromatic heterocycles. The first-order valence-electron chi connectivity index (χ1n) is 6.30. The molecule has 1 saturated heterocycles. The molecule has 1 N–H and O–H groups in total. The highest BCUT2D eigenvalue weighted by atomic mass is 16.2. The molecule has 0 saturated carbocycles. The minimum Gasteiger partial charge on any atom is -0.338 e. The van der Waals surface area contributed by atoms with Gasteiger partial charge >= 0.3 is 0 Å². The summed E-state index contributed by atoms with van der Waals surface area (Å²) in [6, 6.07) is 0.0549. The smallest absolute Gasteiger partial charge is 0.239 e. The third-order valence-electron chi connectivity index (χ3n) is 2.89. The van der Waals surface area contributed by atoms with E-state index < -0.39 is 0 Å². The zero-order valence-electron chi connectivity index (χ0n) is 10.8. The molecule has 3 heteroatoms. The molecule has 0 radical (unpaired) electrons. The van der Waals surface area contributed by atoms with Crippen LogP contribution in [0.5, 0.6) is 0 Å². The second kappa shape index (κ2) is 6.69. The highest BCUT2D eigenvalue weighted by Crippen LogP contribution is 2.12. The average Bonchev–Trinajstić information content (AvgIpc) is 2.26. The highest BCUT2D eigenvalue weighted by molar-refractivity contribution is 5.82. The molecule has 1 fully saturated rings. The van der Waals surface area contributed by atoms with Crippen molar-refractivity contribution in [3.8, 4) is 0 Å². The van der Waals surface area contributed by atoms with Crippen LogP contribution in [0.1, 0.15) is 40.0 Å². The van der Waals surface area contributed by atoms with E-state index in [1.54, 1.807) is 0 Å². The Bertz CT molecular complexity index is 257. The number of carbonyl (C=O) groups excluding carboxylic acids is 1. The van der Waals surface area contributed by atoms with E-state index in [9.17, 15) is 4.79 Å². The number of carbonyl (C=O) groups is 1. The lowest BCUT2D eigenvalue weighted by atomic mass is 10.0. The summed E-state index contributed by atoms with van der Waals surface area (Å²) < 4.78 is 0. The third kappa shape index (κ3) is 3.97. The first kappa shape index (κ1) is 13.2. The second-order valence-electron chi connectivity index (χ2n) is 4.71. The van der Waals surface area contributed by atoms with E-state index in [0.717, 1.165) is 38.9 Å². The van der Waals surface area contributed by atoms with Crippen LogP contribution in [0.25, 0.3) is 0 Å². The second-order valence-corrected chi connectivity index (χ2v) is 4.71. The van der Waals surface area contributed by atoms with Crippen molar-refractivity contribution >= 4 is 5.91 Å². The zero-order valence-corrected chi connectivity index (χ0v) is 10.8. The maximum Gasteiger partial charge on any atom is 0.239 e. The van der Waals surface area contributed by atoms with Gasteiger partial charge in [-0.05, 0) is 39.7 Å². The summed E-state index contributed by atoms with van der Waals surface area (Å²) in [7, 11) is 0. The predicted molar refractivity (Wildman–Crippen MR) is 67.3 cm³/mol. The fourth-order valence-corrected chi connectivity index (χ4v) is 1.92. The Morgan fingerprint density at radius 2 is 2.31 bits per heavy atom. The first-order chi connectivity index (χ1) is 7.65. The molecule has 3 nitrogen and oxygen atoms in total. The van der Waals surface area contributed by atoms with Crippen molar-refractivity contribution in [1.82, 2.24) is 10.2 Å². The van der Waals surface area contributed by atoms with Gasteiger partial charge in [0.15, 0.2) is 0 Å². The normalized spacial score (nSPS) is 21.1. The fourth-order valence-electron chi connectivity index (χ4n) is 1.92. The molecule has 1 heterocycles. The van der Waals surface area contributed by atoms with E-state index in [2.05, 4.69) is 32.2 Å². The monoisotopic (exact) mass is 224 g/mol. The number of piperidine rings is 1. The Balaban J connectivity index is 2.47. The Hall–Kier alpha value is -0.830. The van der Waals surface area contributed by atoms with Crippen molar-refractivity contribution in [3.63, 3.8) is 0 Å². The molecule has 1 amide bonds. The highest BCUT2D eigenvalue weighted by Gasteiger charge is 2.26. The number of amides is 1. The molecule has 92 valence electrons. The van der Waals surface area contributed by atoms with Gasteiger partial charge in [-0.25, -0.2) is 0 Å². The molecule has 1 unspecified atom stereocenters. The van der Waals surface area contributed by atoms with Crippen LogP contribution in [0.4, 0.5) is 0 Å². The standard InChI is InChI=1S/C13H24N2O/c1-4-8-14-12-6-5-9-15(13(12)16)10-7-11(2)3/h7,12,14H,4-6,8-10H2,1-3H3. The minimum atomic E-state index is 0.0549. The molecule has 1 atom stereocenters. The Morgan fingerprint density at radius 1 is 1.56 bits per heavy atom. The van der Waals surface area contributed by atoms with Crippen LogP contribution >= 0.6 is 0 Å². The molecule has 16 heavy (non-hydrogen) atoms. The van der Waals surface area contributed by atoms with E-state index in [0.29, 0.717) is 0 Å². The van der Waals surface area contributed by atoms with Gasteiger partial charge in [0.2, 0.25) is 5.91 Å². The van der Waals surface area contributed by atoms with Crippen LogP contribution in [0, 0.1) is 0 Å². The van der Waals surface area contributed by atoms with Gasteiger partial charge in [0, 0.05) is 13.1 Å². The van der Waals surface area contributed by atoms with Gasteiger partial charge in [0.25, 0.3) is 0 Å². The van der Waals surface area contributed by atoms with E-state index >= 15 is 0 Å². The van der Waals surface area contributed by atoms with Crippen LogP contribution < -0.4 is 5.32 Å². The Morgan fingerprint density at radius 3 is 2.94 bits per heavy atom. The number of rotatable bonds is 5. The summed E-state index contributed by atoms with van der Waals surface area (Å²) in [5.41, 5.74) is 1.27. The predicted octanol–water partition coefficient (Wildman–Crippen LogP) is 1.94. The summed E-state index contributed by atoms with van der Waals surface area (Å²) in [5.74, 6) is 0.275. The molecular formula is C13H24N2O. The van der Waals surface area contributed by atoms with E-state index in [1.807, 2.05) is 4.90 Å². The van der Waals surface area contributed by atoms with Crippen molar-refractivity contribution in [1.29, 1.82) is 0 Å². The van der Waals surface area contributed by atoms with Gasteiger partial charge in [0.05, 0.1) is 6.04 Å². The van der Waals surface area contributed by atoms with Gasteiger partial charge in [-0.1, -0.05) is 18.6 Å². The van der Waals surface area contributed by atoms with Gasteiger partial charge in [0.1, 0.15) is 0 Å². The van der Waals surface area contributed by atoms with E-state index in [1.165, 1.54) is 5.57 Å². The molecule has 1 aliphatic rings. The molecule has 0 aromatic carbocycles. The van der Waals surface area contributed by atoms with Gasteiger partial charge in [-0.3, -0.25) is 4.79 Å². The SMILES string of the molecule is CCCNC1CCCN(CC=C(C)C)C1=O. The van der Waals surface area contributed by atoms with Crippen molar-refractivity contribution in [3.05, 3.63) is 11.6 Å². The number of likely N-dealkylation sites (tertiary alicyclic amines) is 1. The number of nitrogens with one attached hydrogen (secondary N) is 1. The largest absolute Gasteiger partial charge is 0.338 e. The molecule has 0 aromatic rings. The first-order valence-corrected chi connectivity index (χ1v) is 6.30. The van der Waals surface area contributed by atoms with Crippen molar-refractivity contribution < 1.29 is 4.79 Å². The van der Waals surface area contributed by atoms with Gasteiger partial charge in [-0.15, -0.1) is 0 Å². The number of hydrogen-bond acceptors (Lipinski definition) is 2.